The van der Waals surface area contributed by atoms with Gasteiger partial charge in [0, 0.05) is 6.61 Å². The van der Waals surface area contributed by atoms with Gasteiger partial charge in [-0.1, -0.05) is 76.1 Å². The van der Waals surface area contributed by atoms with Crippen LogP contribution in [0.5, 0.6) is 0 Å². The lowest BCUT2D eigenvalue weighted by Crippen LogP contribution is -2.10. The molecule has 1 atom stereocenters. The molecule has 2 aromatic rings. The van der Waals surface area contributed by atoms with Gasteiger partial charge in [0.05, 0.1) is 0 Å². The van der Waals surface area contributed by atoms with Crippen LogP contribution in [0.2, 0.25) is 0 Å². The maximum absolute atomic E-state index is 9.24. The molecule has 1 aliphatic carbocycles. The first-order chi connectivity index (χ1) is 13.1. The van der Waals surface area contributed by atoms with E-state index < -0.39 is 0 Å². The van der Waals surface area contributed by atoms with Gasteiger partial charge < -0.3 is 5.11 Å². The average molecular weight is 365 g/mol. The van der Waals surface area contributed by atoms with Crippen molar-refractivity contribution >= 4 is 0 Å². The second kappa shape index (κ2) is 9.55. The summed E-state index contributed by atoms with van der Waals surface area (Å²) in [4.78, 5) is 0. The van der Waals surface area contributed by atoms with Gasteiger partial charge in [-0.05, 0) is 77.7 Å². The van der Waals surface area contributed by atoms with Gasteiger partial charge >= 0.3 is 0 Å². The maximum atomic E-state index is 9.24. The Hall–Kier alpha value is -1.60. The maximum Gasteiger partial charge on any atom is 0.0456 e. The Morgan fingerprint density at radius 1 is 1.00 bits per heavy atom. The average Bonchev–Trinajstić information content (AvgIpc) is 2.72. The van der Waals surface area contributed by atoms with E-state index in [4.69, 9.17) is 0 Å². The van der Waals surface area contributed by atoms with Crippen molar-refractivity contribution in [2.24, 2.45) is 11.8 Å². The molecule has 0 bridgehead atoms. The minimum Gasteiger partial charge on any atom is -0.396 e. The highest BCUT2D eigenvalue weighted by Gasteiger charge is 2.19. The summed E-state index contributed by atoms with van der Waals surface area (Å²) >= 11 is 0. The molecule has 1 nitrogen and oxygen atoms in total. The number of hydrogen-bond acceptors (Lipinski definition) is 1. The highest BCUT2D eigenvalue weighted by molar-refractivity contribution is 5.68. The third kappa shape index (κ3) is 5.23. The molecule has 1 heteroatoms. The topological polar surface area (TPSA) is 20.2 Å². The van der Waals surface area contributed by atoms with Crippen LogP contribution in [-0.2, 0) is 12.8 Å². The van der Waals surface area contributed by atoms with Gasteiger partial charge in [-0.25, -0.2) is 0 Å². The van der Waals surface area contributed by atoms with Crippen molar-refractivity contribution in [1.29, 1.82) is 0 Å². The van der Waals surface area contributed by atoms with Gasteiger partial charge in [0.15, 0.2) is 0 Å². The third-order valence-electron chi connectivity index (χ3n) is 6.50. The normalized spacial score (nSPS) is 21.2. The lowest BCUT2D eigenvalue weighted by Gasteiger charge is -2.26. The van der Waals surface area contributed by atoms with Crippen LogP contribution in [-0.4, -0.2) is 11.7 Å². The minimum atomic E-state index is 0.283. The molecule has 0 aliphatic heterocycles. The van der Waals surface area contributed by atoms with Crippen LogP contribution in [0.25, 0.3) is 11.1 Å². The molecule has 1 saturated carbocycles. The Labute approximate surface area is 165 Å². The second-order valence-corrected chi connectivity index (χ2v) is 8.75. The van der Waals surface area contributed by atoms with E-state index in [0.717, 1.165) is 31.1 Å². The minimum absolute atomic E-state index is 0.283. The van der Waals surface area contributed by atoms with E-state index in [1.54, 1.807) is 0 Å². The number of hydrogen-bond donors (Lipinski definition) is 1. The zero-order valence-corrected chi connectivity index (χ0v) is 17.4. The number of benzene rings is 2. The fourth-order valence-corrected chi connectivity index (χ4v) is 4.41. The first-order valence-corrected chi connectivity index (χ1v) is 10.9. The van der Waals surface area contributed by atoms with Gasteiger partial charge in [-0.15, -0.1) is 0 Å². The number of aryl methyl sites for hydroxylation is 2. The molecular weight excluding hydrogens is 328 g/mol. The summed E-state index contributed by atoms with van der Waals surface area (Å²) in [6.45, 7) is 7.03. The van der Waals surface area contributed by atoms with Crippen LogP contribution >= 0.6 is 0 Å². The van der Waals surface area contributed by atoms with Gasteiger partial charge in [0.2, 0.25) is 0 Å². The van der Waals surface area contributed by atoms with Crippen molar-refractivity contribution in [3.63, 3.8) is 0 Å². The smallest absolute Gasteiger partial charge is 0.0456 e. The molecule has 0 heterocycles. The summed E-state index contributed by atoms with van der Waals surface area (Å²) in [5, 5.41) is 9.24. The van der Waals surface area contributed by atoms with Crippen molar-refractivity contribution in [3.05, 3.63) is 59.2 Å². The summed E-state index contributed by atoms with van der Waals surface area (Å²) in [5.41, 5.74) is 7.07. The Bertz CT molecular complexity index is 707. The molecule has 2 aromatic carbocycles. The van der Waals surface area contributed by atoms with E-state index in [2.05, 4.69) is 63.2 Å². The fraction of sp³-hybridized carbons (Fsp3) is 0.538. The Kier molecular flexibility index (Phi) is 7.13. The van der Waals surface area contributed by atoms with Crippen LogP contribution in [0.15, 0.2) is 42.5 Å². The van der Waals surface area contributed by atoms with Crippen LogP contribution in [0.1, 0.15) is 75.5 Å². The van der Waals surface area contributed by atoms with Gasteiger partial charge in [0.25, 0.3) is 0 Å². The Morgan fingerprint density at radius 2 is 1.70 bits per heavy atom. The molecule has 0 aromatic heterocycles. The molecular formula is C26H36O. The fourth-order valence-electron chi connectivity index (χ4n) is 4.41. The molecule has 1 unspecified atom stereocenters. The zero-order chi connectivity index (χ0) is 19.2. The molecule has 1 fully saturated rings. The zero-order valence-electron chi connectivity index (χ0n) is 17.4. The van der Waals surface area contributed by atoms with Crippen molar-refractivity contribution in [3.8, 4) is 11.1 Å². The van der Waals surface area contributed by atoms with E-state index in [1.807, 2.05) is 0 Å². The number of aliphatic hydroxyl groups excluding tert-OH is 1. The predicted octanol–water partition coefficient (Wildman–Crippen LogP) is 6.77. The summed E-state index contributed by atoms with van der Waals surface area (Å²) in [6.07, 6.45) is 8.61. The van der Waals surface area contributed by atoms with Gasteiger partial charge in [-0.2, -0.15) is 0 Å². The molecule has 0 spiro atoms. The number of aliphatic hydroxyl groups is 1. The van der Waals surface area contributed by atoms with E-state index in [0.29, 0.717) is 5.92 Å². The van der Waals surface area contributed by atoms with Crippen LogP contribution in [0.4, 0.5) is 0 Å². The summed E-state index contributed by atoms with van der Waals surface area (Å²) in [6, 6.07) is 16.3. The van der Waals surface area contributed by atoms with Crippen molar-refractivity contribution < 1.29 is 5.11 Å². The lowest BCUT2D eigenvalue weighted by molar-refractivity contribution is 0.230. The molecule has 0 amide bonds. The van der Waals surface area contributed by atoms with Crippen molar-refractivity contribution in [2.45, 2.75) is 71.6 Å². The highest BCUT2D eigenvalue weighted by atomic mass is 16.3. The molecule has 146 valence electrons. The van der Waals surface area contributed by atoms with E-state index in [-0.39, 0.29) is 6.61 Å². The quantitative estimate of drug-likeness (QED) is 0.574. The van der Waals surface area contributed by atoms with E-state index in [9.17, 15) is 5.11 Å². The summed E-state index contributed by atoms with van der Waals surface area (Å²) in [5.74, 6) is 2.05. The predicted molar refractivity (Wildman–Crippen MR) is 116 cm³/mol. The molecule has 1 aliphatic rings. The van der Waals surface area contributed by atoms with Crippen molar-refractivity contribution in [1.82, 2.24) is 0 Å². The van der Waals surface area contributed by atoms with Crippen LogP contribution < -0.4 is 0 Å². The largest absolute Gasteiger partial charge is 0.396 e. The Balaban J connectivity index is 1.73. The van der Waals surface area contributed by atoms with Crippen molar-refractivity contribution in [2.75, 3.05) is 6.61 Å². The van der Waals surface area contributed by atoms with E-state index >= 15 is 0 Å². The standard InChI is InChI=1S/C26H36O/c1-4-22-17-21(8-5-20(3)18-27)9-16-26(22)25-14-12-24(13-15-25)23-10-6-19(2)7-11-23/h9,12-17,19-20,23,27H,4-8,10-11,18H2,1-3H3. The molecule has 1 N–H and O–H groups in total. The molecule has 0 saturated heterocycles. The van der Waals surface area contributed by atoms with Crippen LogP contribution in [0.3, 0.4) is 0 Å². The van der Waals surface area contributed by atoms with Gasteiger partial charge in [-0.3, -0.25) is 0 Å². The molecule has 0 radical (unpaired) electrons. The first kappa shape index (κ1) is 20.1. The third-order valence-corrected chi connectivity index (χ3v) is 6.50. The SMILES string of the molecule is CCc1cc(CCC(C)CO)ccc1-c1ccc(C2CCC(C)CC2)cc1. The molecule has 27 heavy (non-hydrogen) atoms. The van der Waals surface area contributed by atoms with Crippen LogP contribution in [0, 0.1) is 11.8 Å². The van der Waals surface area contributed by atoms with E-state index in [1.165, 1.54) is 53.5 Å². The number of rotatable bonds is 7. The first-order valence-electron chi connectivity index (χ1n) is 10.9. The summed E-state index contributed by atoms with van der Waals surface area (Å²) in [7, 11) is 0. The lowest BCUT2D eigenvalue weighted by atomic mass is 9.79. The van der Waals surface area contributed by atoms with Gasteiger partial charge in [0.1, 0.15) is 0 Å². The monoisotopic (exact) mass is 364 g/mol. The highest BCUT2D eigenvalue weighted by Crippen LogP contribution is 2.36. The second-order valence-electron chi connectivity index (χ2n) is 8.75. The Morgan fingerprint density at radius 3 is 2.33 bits per heavy atom. The summed E-state index contributed by atoms with van der Waals surface area (Å²) < 4.78 is 0. The molecule has 3 rings (SSSR count).